The lowest BCUT2D eigenvalue weighted by molar-refractivity contribution is -0.139. The number of esters is 1. The lowest BCUT2D eigenvalue weighted by atomic mass is 9.95. The van der Waals surface area contributed by atoms with Crippen molar-refractivity contribution >= 4 is 24.2 Å². The summed E-state index contributed by atoms with van der Waals surface area (Å²) in [5, 5.41) is 9.47. The van der Waals surface area contributed by atoms with Crippen molar-refractivity contribution in [1.29, 1.82) is 0 Å². The molecule has 9 nitrogen and oxygen atoms in total. The molecular weight excluding hydrogens is 372 g/mol. The third-order valence-corrected chi connectivity index (χ3v) is 4.07. The van der Waals surface area contributed by atoms with Gasteiger partial charge in [-0.1, -0.05) is 30.3 Å². The number of carbonyl (C=O) groups is 2. The van der Waals surface area contributed by atoms with E-state index in [-0.39, 0.29) is 17.9 Å². The minimum absolute atomic E-state index is 0.205. The second kappa shape index (κ2) is 8.96. The monoisotopic (exact) mass is 394 g/mol. The molecule has 1 aromatic carbocycles. The van der Waals surface area contributed by atoms with E-state index in [9.17, 15) is 9.59 Å². The zero-order chi connectivity index (χ0) is 20.8. The van der Waals surface area contributed by atoms with Crippen molar-refractivity contribution in [3.05, 3.63) is 64.6 Å². The molecule has 0 fully saturated rings. The van der Waals surface area contributed by atoms with Gasteiger partial charge in [0.25, 0.3) is 0 Å². The van der Waals surface area contributed by atoms with Gasteiger partial charge in [-0.3, -0.25) is 0 Å². The van der Waals surface area contributed by atoms with Crippen LogP contribution in [0.15, 0.2) is 52.8 Å². The normalized spacial score (nSPS) is 16.4. The number of benzene rings is 1. The van der Waals surface area contributed by atoms with Gasteiger partial charge >= 0.3 is 12.0 Å². The molecule has 1 atom stereocenters. The number of rotatable bonds is 6. The van der Waals surface area contributed by atoms with Crippen molar-refractivity contribution in [2.75, 3.05) is 12.0 Å². The van der Waals surface area contributed by atoms with E-state index in [1.54, 1.807) is 6.92 Å². The number of hydrogen-bond donors (Lipinski definition) is 3. The molecule has 1 aliphatic rings. The van der Waals surface area contributed by atoms with Crippen LogP contribution in [0.1, 0.15) is 29.9 Å². The molecule has 0 radical (unpaired) electrons. The Morgan fingerprint density at radius 1 is 1.24 bits per heavy atom. The van der Waals surface area contributed by atoms with E-state index in [0.29, 0.717) is 5.95 Å². The third-order valence-electron chi connectivity index (χ3n) is 4.07. The van der Waals surface area contributed by atoms with Crippen LogP contribution in [0.3, 0.4) is 0 Å². The summed E-state index contributed by atoms with van der Waals surface area (Å²) in [6.45, 7) is 5.62. The zero-order valence-electron chi connectivity index (χ0n) is 16.4. The number of anilines is 1. The first-order valence-electron chi connectivity index (χ1n) is 9.13. The standard InChI is InChI=1S/C20H22N6O3/c1-4-29-18(27)16-15(11-21-26-19-22-12(2)10-13(3)23-19)24-20(28)25-17(16)14-8-6-5-7-9-14/h5-11,17H,4H2,1-3H3,(H,22,23,26)(H2,24,25,28)/b21-11+. The summed E-state index contributed by atoms with van der Waals surface area (Å²) in [7, 11) is 0. The molecule has 150 valence electrons. The van der Waals surface area contributed by atoms with Crippen molar-refractivity contribution in [3.63, 3.8) is 0 Å². The van der Waals surface area contributed by atoms with Crippen molar-refractivity contribution in [1.82, 2.24) is 20.6 Å². The van der Waals surface area contributed by atoms with E-state index in [1.807, 2.05) is 50.2 Å². The second-order valence-electron chi connectivity index (χ2n) is 6.33. The fraction of sp³-hybridized carbons (Fsp3) is 0.250. The summed E-state index contributed by atoms with van der Waals surface area (Å²) in [6.07, 6.45) is 1.35. The van der Waals surface area contributed by atoms with Gasteiger partial charge in [-0.15, -0.1) is 0 Å². The molecule has 29 heavy (non-hydrogen) atoms. The summed E-state index contributed by atoms with van der Waals surface area (Å²) in [5.41, 5.74) is 5.55. The summed E-state index contributed by atoms with van der Waals surface area (Å²) in [6, 6.07) is 9.90. The minimum atomic E-state index is -0.664. The van der Waals surface area contributed by atoms with Gasteiger partial charge in [-0.2, -0.15) is 5.10 Å². The summed E-state index contributed by atoms with van der Waals surface area (Å²) in [4.78, 5) is 33.3. The highest BCUT2D eigenvalue weighted by atomic mass is 16.5. The quantitative estimate of drug-likeness (QED) is 0.393. The number of aryl methyl sites for hydroxylation is 2. The lowest BCUT2D eigenvalue weighted by Crippen LogP contribution is -2.46. The lowest BCUT2D eigenvalue weighted by Gasteiger charge is -2.27. The summed E-state index contributed by atoms with van der Waals surface area (Å²) >= 11 is 0. The number of carbonyl (C=O) groups excluding carboxylic acids is 2. The number of allylic oxidation sites excluding steroid dienone is 1. The molecule has 0 spiro atoms. The van der Waals surface area contributed by atoms with Crippen molar-refractivity contribution < 1.29 is 14.3 Å². The summed E-state index contributed by atoms with van der Waals surface area (Å²) < 4.78 is 5.20. The second-order valence-corrected chi connectivity index (χ2v) is 6.33. The van der Waals surface area contributed by atoms with Crippen molar-refractivity contribution in [2.24, 2.45) is 5.10 Å². The van der Waals surface area contributed by atoms with Crippen molar-refractivity contribution in [3.8, 4) is 0 Å². The molecule has 2 amide bonds. The number of amides is 2. The number of nitrogens with zero attached hydrogens (tertiary/aromatic N) is 3. The first kappa shape index (κ1) is 20.0. The highest BCUT2D eigenvalue weighted by Crippen LogP contribution is 2.27. The van der Waals surface area contributed by atoms with E-state index in [1.165, 1.54) is 6.21 Å². The first-order chi connectivity index (χ1) is 14.0. The largest absolute Gasteiger partial charge is 0.463 e. The zero-order valence-corrected chi connectivity index (χ0v) is 16.4. The van der Waals surface area contributed by atoms with Crippen LogP contribution in [0, 0.1) is 13.8 Å². The molecule has 0 saturated carbocycles. The number of urea groups is 1. The van der Waals surface area contributed by atoms with Crippen LogP contribution < -0.4 is 16.1 Å². The average Bonchev–Trinajstić information content (AvgIpc) is 2.67. The number of ether oxygens (including phenoxy) is 1. The molecule has 0 aliphatic carbocycles. The maximum atomic E-state index is 12.6. The van der Waals surface area contributed by atoms with E-state index in [0.717, 1.165) is 17.0 Å². The van der Waals surface area contributed by atoms with Crippen LogP contribution >= 0.6 is 0 Å². The molecule has 1 aliphatic heterocycles. The molecule has 2 aromatic rings. The van der Waals surface area contributed by atoms with Gasteiger partial charge in [-0.25, -0.2) is 25.0 Å². The molecule has 2 heterocycles. The van der Waals surface area contributed by atoms with Gasteiger partial charge < -0.3 is 15.4 Å². The minimum Gasteiger partial charge on any atom is -0.463 e. The van der Waals surface area contributed by atoms with Crippen molar-refractivity contribution in [2.45, 2.75) is 26.8 Å². The van der Waals surface area contributed by atoms with Crippen LogP contribution in [0.4, 0.5) is 10.7 Å². The van der Waals surface area contributed by atoms with Gasteiger partial charge in [0.2, 0.25) is 5.95 Å². The van der Waals surface area contributed by atoms with E-state index >= 15 is 0 Å². The topological polar surface area (TPSA) is 118 Å². The molecule has 0 bridgehead atoms. The molecule has 1 unspecified atom stereocenters. The molecule has 1 aromatic heterocycles. The van der Waals surface area contributed by atoms with Gasteiger partial charge in [0.05, 0.1) is 30.1 Å². The third kappa shape index (κ3) is 4.95. The Bertz CT molecular complexity index is 951. The fourth-order valence-electron chi connectivity index (χ4n) is 2.95. The van der Waals surface area contributed by atoms with Gasteiger partial charge in [0.1, 0.15) is 0 Å². The van der Waals surface area contributed by atoms with Crippen LogP contribution in [0.2, 0.25) is 0 Å². The van der Waals surface area contributed by atoms with E-state index < -0.39 is 18.0 Å². The predicted molar refractivity (Wildman–Crippen MR) is 108 cm³/mol. The van der Waals surface area contributed by atoms with Gasteiger partial charge in [-0.05, 0) is 32.4 Å². The Labute approximate surface area is 168 Å². The average molecular weight is 394 g/mol. The predicted octanol–water partition coefficient (Wildman–Crippen LogP) is 2.36. The Morgan fingerprint density at radius 3 is 2.59 bits per heavy atom. The van der Waals surface area contributed by atoms with Crippen LogP contribution in [0.5, 0.6) is 0 Å². The fourth-order valence-corrected chi connectivity index (χ4v) is 2.95. The van der Waals surface area contributed by atoms with Gasteiger partial charge in [0.15, 0.2) is 0 Å². The summed E-state index contributed by atoms with van der Waals surface area (Å²) in [5.74, 6) is -0.227. The van der Waals surface area contributed by atoms with Crippen LogP contribution in [0.25, 0.3) is 0 Å². The highest BCUT2D eigenvalue weighted by molar-refractivity contribution is 6.02. The molecule has 9 heteroatoms. The number of nitrogens with one attached hydrogen (secondary N) is 3. The van der Waals surface area contributed by atoms with E-state index in [4.69, 9.17) is 4.74 Å². The molecule has 3 N–H and O–H groups in total. The molecule has 0 saturated heterocycles. The molecular formula is C20H22N6O3. The Balaban J connectivity index is 1.95. The maximum absolute atomic E-state index is 12.6. The van der Waals surface area contributed by atoms with Crippen LogP contribution in [-0.2, 0) is 9.53 Å². The Morgan fingerprint density at radius 2 is 1.93 bits per heavy atom. The Hall–Kier alpha value is -3.75. The maximum Gasteiger partial charge on any atom is 0.338 e. The smallest absolute Gasteiger partial charge is 0.338 e. The first-order valence-corrected chi connectivity index (χ1v) is 9.13. The number of aromatic nitrogens is 2. The Kier molecular flexibility index (Phi) is 6.18. The van der Waals surface area contributed by atoms with Crippen LogP contribution in [-0.4, -0.2) is 34.8 Å². The number of hydrogen-bond acceptors (Lipinski definition) is 7. The molecule has 3 rings (SSSR count). The van der Waals surface area contributed by atoms with E-state index in [2.05, 4.69) is 31.1 Å². The van der Waals surface area contributed by atoms with Gasteiger partial charge in [0, 0.05) is 11.4 Å². The highest BCUT2D eigenvalue weighted by Gasteiger charge is 2.33. The SMILES string of the molecule is CCOC(=O)C1=C(/C=N/Nc2nc(C)cc(C)n2)NC(=O)NC1c1ccccc1. The number of hydrazone groups is 1.